The number of halogens is 1. The minimum absolute atomic E-state index is 0.257. The molecule has 0 saturated carbocycles. The van der Waals surface area contributed by atoms with Gasteiger partial charge in [0.25, 0.3) is 0 Å². The molecule has 1 aliphatic heterocycles. The van der Waals surface area contributed by atoms with Gasteiger partial charge < -0.3 is 18.9 Å². The Hall–Kier alpha value is -3.19. The van der Waals surface area contributed by atoms with Crippen molar-refractivity contribution in [2.45, 2.75) is 32.2 Å². The summed E-state index contributed by atoms with van der Waals surface area (Å²) in [5.74, 6) is 1.08. The van der Waals surface area contributed by atoms with E-state index in [4.69, 9.17) is 18.9 Å². The second-order valence-electron chi connectivity index (χ2n) is 6.91. The molecule has 6 nitrogen and oxygen atoms in total. The number of rotatable bonds is 7. The Morgan fingerprint density at radius 3 is 2.83 bits per heavy atom. The van der Waals surface area contributed by atoms with Crippen molar-refractivity contribution in [3.8, 4) is 28.6 Å². The van der Waals surface area contributed by atoms with Crippen LogP contribution >= 0.6 is 0 Å². The predicted molar refractivity (Wildman–Crippen MR) is 109 cm³/mol. The van der Waals surface area contributed by atoms with E-state index in [1.54, 1.807) is 30.6 Å². The fraction of sp³-hybridized carbons (Fsp3) is 0.304. The van der Waals surface area contributed by atoms with Gasteiger partial charge in [0.1, 0.15) is 29.6 Å². The first-order chi connectivity index (χ1) is 14.7. The maximum Gasteiger partial charge on any atom is 0.213 e. The van der Waals surface area contributed by atoms with Gasteiger partial charge in [0.15, 0.2) is 6.29 Å². The number of benzene rings is 1. The van der Waals surface area contributed by atoms with E-state index >= 15 is 0 Å². The fourth-order valence-corrected chi connectivity index (χ4v) is 3.20. The minimum Gasteiger partial charge on any atom is -0.497 e. The summed E-state index contributed by atoms with van der Waals surface area (Å²) in [6.07, 6.45) is 5.72. The molecule has 0 bridgehead atoms. The standard InChI is InChI=1S/C23H23FN2O4/c1-27-17-8-9-19(24)18(13-17)23-20(30-22-7-3-5-11-28-22)12-16(14-26-23)15-29-21-6-2-4-10-25-21/h2,4,6,8-10,12-14,22H,3,5,7,11,15H2,1H3. The Bertz CT molecular complexity index is 978. The first-order valence-electron chi connectivity index (χ1n) is 9.88. The molecule has 1 aromatic carbocycles. The van der Waals surface area contributed by atoms with Crippen LogP contribution < -0.4 is 14.2 Å². The second-order valence-corrected chi connectivity index (χ2v) is 6.91. The third-order valence-electron chi connectivity index (χ3n) is 4.76. The van der Waals surface area contributed by atoms with E-state index in [0.29, 0.717) is 35.2 Å². The summed E-state index contributed by atoms with van der Waals surface area (Å²) in [6, 6.07) is 11.8. The predicted octanol–water partition coefficient (Wildman–Crippen LogP) is 4.78. The zero-order valence-electron chi connectivity index (χ0n) is 16.7. The quantitative estimate of drug-likeness (QED) is 0.559. The maximum absolute atomic E-state index is 14.6. The zero-order valence-corrected chi connectivity index (χ0v) is 16.7. The fourth-order valence-electron chi connectivity index (χ4n) is 3.20. The van der Waals surface area contributed by atoms with Crippen LogP contribution in [0.4, 0.5) is 4.39 Å². The summed E-state index contributed by atoms with van der Waals surface area (Å²) in [5.41, 5.74) is 1.47. The molecule has 0 N–H and O–H groups in total. The molecule has 0 aliphatic carbocycles. The van der Waals surface area contributed by atoms with Gasteiger partial charge in [-0.2, -0.15) is 0 Å². The summed E-state index contributed by atoms with van der Waals surface area (Å²) >= 11 is 0. The van der Waals surface area contributed by atoms with Crippen LogP contribution in [0.15, 0.2) is 54.9 Å². The Kier molecular flexibility index (Phi) is 6.39. The molecule has 7 heteroatoms. The molecular weight excluding hydrogens is 387 g/mol. The van der Waals surface area contributed by atoms with Gasteiger partial charge in [-0.3, -0.25) is 4.98 Å². The molecule has 3 heterocycles. The smallest absolute Gasteiger partial charge is 0.213 e. The van der Waals surface area contributed by atoms with Crippen molar-refractivity contribution in [1.29, 1.82) is 0 Å². The number of methoxy groups -OCH3 is 1. The van der Waals surface area contributed by atoms with Gasteiger partial charge in [-0.25, -0.2) is 9.37 Å². The molecule has 30 heavy (non-hydrogen) atoms. The topological polar surface area (TPSA) is 62.7 Å². The molecular formula is C23H23FN2O4. The summed E-state index contributed by atoms with van der Waals surface area (Å²) in [5, 5.41) is 0. The summed E-state index contributed by atoms with van der Waals surface area (Å²) in [4.78, 5) is 8.63. The van der Waals surface area contributed by atoms with E-state index in [-0.39, 0.29) is 12.9 Å². The lowest BCUT2D eigenvalue weighted by molar-refractivity contribution is -0.105. The Labute approximate surface area is 174 Å². The van der Waals surface area contributed by atoms with Crippen molar-refractivity contribution < 1.29 is 23.3 Å². The van der Waals surface area contributed by atoms with Crippen LogP contribution in [0.25, 0.3) is 11.3 Å². The van der Waals surface area contributed by atoms with Crippen LogP contribution in [0.3, 0.4) is 0 Å². The Morgan fingerprint density at radius 1 is 1.13 bits per heavy atom. The van der Waals surface area contributed by atoms with Crippen LogP contribution in [0.5, 0.6) is 17.4 Å². The van der Waals surface area contributed by atoms with Gasteiger partial charge in [-0.05, 0) is 43.2 Å². The molecule has 1 fully saturated rings. The molecule has 1 atom stereocenters. The average Bonchev–Trinajstić information content (AvgIpc) is 2.80. The van der Waals surface area contributed by atoms with Gasteiger partial charge in [-0.15, -0.1) is 0 Å². The SMILES string of the molecule is COc1ccc(F)c(-c2ncc(COc3ccccn3)cc2OC2CCCCO2)c1. The van der Waals surface area contributed by atoms with E-state index in [0.717, 1.165) is 24.8 Å². The highest BCUT2D eigenvalue weighted by atomic mass is 19.1. The van der Waals surface area contributed by atoms with E-state index in [9.17, 15) is 4.39 Å². The third kappa shape index (κ3) is 4.86. The molecule has 0 amide bonds. The Morgan fingerprint density at radius 2 is 2.07 bits per heavy atom. The second kappa shape index (κ2) is 9.54. The largest absolute Gasteiger partial charge is 0.497 e. The van der Waals surface area contributed by atoms with Crippen molar-refractivity contribution in [3.63, 3.8) is 0 Å². The molecule has 0 radical (unpaired) electrons. The molecule has 0 spiro atoms. The number of ether oxygens (including phenoxy) is 4. The lowest BCUT2D eigenvalue weighted by Crippen LogP contribution is -2.25. The van der Waals surface area contributed by atoms with Gasteiger partial charge in [0, 0.05) is 36.0 Å². The van der Waals surface area contributed by atoms with Crippen LogP contribution in [-0.4, -0.2) is 30.0 Å². The Balaban J connectivity index is 1.64. The van der Waals surface area contributed by atoms with Crippen LogP contribution in [0.1, 0.15) is 24.8 Å². The number of hydrogen-bond donors (Lipinski definition) is 0. The highest BCUT2D eigenvalue weighted by Gasteiger charge is 2.21. The molecule has 3 aromatic rings. The van der Waals surface area contributed by atoms with E-state index in [2.05, 4.69) is 9.97 Å². The van der Waals surface area contributed by atoms with Crippen molar-refractivity contribution in [3.05, 3.63) is 66.2 Å². The summed E-state index contributed by atoms with van der Waals surface area (Å²) in [7, 11) is 1.54. The van der Waals surface area contributed by atoms with E-state index in [1.165, 1.54) is 13.2 Å². The molecule has 4 rings (SSSR count). The third-order valence-corrected chi connectivity index (χ3v) is 4.76. The van der Waals surface area contributed by atoms with Crippen LogP contribution in [0, 0.1) is 5.82 Å². The first kappa shape index (κ1) is 20.1. The summed E-state index contributed by atoms with van der Waals surface area (Å²) < 4.78 is 37.4. The first-order valence-corrected chi connectivity index (χ1v) is 9.88. The zero-order chi connectivity index (χ0) is 20.8. The van der Waals surface area contributed by atoms with Gasteiger partial charge in [0.2, 0.25) is 5.88 Å². The van der Waals surface area contributed by atoms with Crippen molar-refractivity contribution in [2.24, 2.45) is 0 Å². The van der Waals surface area contributed by atoms with Gasteiger partial charge in [0.05, 0.1) is 13.7 Å². The molecule has 156 valence electrons. The van der Waals surface area contributed by atoms with Crippen LogP contribution in [-0.2, 0) is 11.3 Å². The maximum atomic E-state index is 14.6. The molecule has 1 aliphatic rings. The van der Waals surface area contributed by atoms with Crippen molar-refractivity contribution in [2.75, 3.05) is 13.7 Å². The highest BCUT2D eigenvalue weighted by Crippen LogP contribution is 2.34. The van der Waals surface area contributed by atoms with Crippen LogP contribution in [0.2, 0.25) is 0 Å². The van der Waals surface area contributed by atoms with Crippen molar-refractivity contribution >= 4 is 0 Å². The lowest BCUT2D eigenvalue weighted by Gasteiger charge is -2.24. The number of aromatic nitrogens is 2. The normalized spacial score (nSPS) is 16.1. The van der Waals surface area contributed by atoms with Gasteiger partial charge in [-0.1, -0.05) is 6.07 Å². The number of pyridine rings is 2. The number of hydrogen-bond acceptors (Lipinski definition) is 6. The summed E-state index contributed by atoms with van der Waals surface area (Å²) in [6.45, 7) is 0.899. The monoisotopic (exact) mass is 410 g/mol. The lowest BCUT2D eigenvalue weighted by atomic mass is 10.1. The molecule has 2 aromatic heterocycles. The molecule has 1 unspecified atom stereocenters. The minimum atomic E-state index is -0.407. The van der Waals surface area contributed by atoms with E-state index < -0.39 is 5.82 Å². The van der Waals surface area contributed by atoms with Gasteiger partial charge >= 0.3 is 0 Å². The highest BCUT2D eigenvalue weighted by molar-refractivity contribution is 5.68. The average molecular weight is 410 g/mol. The van der Waals surface area contributed by atoms with Crippen molar-refractivity contribution in [1.82, 2.24) is 9.97 Å². The van der Waals surface area contributed by atoms with E-state index in [1.807, 2.05) is 18.2 Å². The number of nitrogens with zero attached hydrogens (tertiary/aromatic N) is 2. The molecule has 1 saturated heterocycles.